The van der Waals surface area contributed by atoms with Crippen molar-refractivity contribution in [3.63, 3.8) is 0 Å². The first-order valence-electron chi connectivity index (χ1n) is 8.79. The molecule has 1 atom stereocenters. The highest BCUT2D eigenvalue weighted by atomic mass is 32.1. The molecule has 7 nitrogen and oxygen atoms in total. The number of hydrogen-bond acceptors (Lipinski definition) is 6. The number of carbonyl (C=O) groups excluding carboxylic acids is 2. The van der Waals surface area contributed by atoms with Gasteiger partial charge in [0, 0.05) is 11.8 Å². The second kappa shape index (κ2) is 7.57. The van der Waals surface area contributed by atoms with Gasteiger partial charge in [-0.1, -0.05) is 12.8 Å². The molecule has 2 N–H and O–H groups in total. The van der Waals surface area contributed by atoms with Crippen LogP contribution in [0.15, 0.2) is 4.79 Å². The summed E-state index contributed by atoms with van der Waals surface area (Å²) >= 11 is 1.45. The third-order valence-corrected chi connectivity index (χ3v) is 6.02. The number of fused-ring (bicyclic) bond motifs is 1. The summed E-state index contributed by atoms with van der Waals surface area (Å²) in [5.74, 6) is -0.321. The van der Waals surface area contributed by atoms with E-state index >= 15 is 0 Å². The third-order valence-electron chi connectivity index (χ3n) is 4.92. The number of nitrogens with zero attached hydrogens (tertiary/aromatic N) is 1. The van der Waals surface area contributed by atoms with Gasteiger partial charge in [-0.2, -0.15) is 0 Å². The smallest absolute Gasteiger partial charge is 0.329 e. The highest BCUT2D eigenvalue weighted by Gasteiger charge is 2.32. The van der Waals surface area contributed by atoms with Crippen LogP contribution in [0.1, 0.15) is 48.9 Å². The second-order valence-electron chi connectivity index (χ2n) is 6.81. The number of rotatable bonds is 5. The number of aromatic nitrogens is 2. The highest BCUT2D eigenvalue weighted by Crippen LogP contribution is 2.29. The van der Waals surface area contributed by atoms with Crippen molar-refractivity contribution in [3.05, 3.63) is 26.6 Å². The number of H-pyrrole nitrogens is 1. The first kappa shape index (κ1) is 18.6. The Labute approximate surface area is 155 Å². The van der Waals surface area contributed by atoms with Gasteiger partial charge >= 0.3 is 5.97 Å². The lowest BCUT2D eigenvalue weighted by atomic mass is 9.98. The van der Waals surface area contributed by atoms with E-state index in [1.165, 1.54) is 18.3 Å². The fourth-order valence-corrected chi connectivity index (χ4v) is 4.52. The molecule has 2 aromatic rings. The van der Waals surface area contributed by atoms with E-state index in [1.54, 1.807) is 0 Å². The lowest BCUT2D eigenvalue weighted by Gasteiger charge is -2.22. The van der Waals surface area contributed by atoms with Gasteiger partial charge in [-0.15, -0.1) is 11.3 Å². The van der Waals surface area contributed by atoms with E-state index in [2.05, 4.69) is 15.3 Å². The van der Waals surface area contributed by atoms with Gasteiger partial charge < -0.3 is 15.0 Å². The molecule has 3 rings (SSSR count). The Balaban J connectivity index is 1.74. The fourth-order valence-electron chi connectivity index (χ4n) is 3.48. The Kier molecular flexibility index (Phi) is 5.41. The van der Waals surface area contributed by atoms with Crippen molar-refractivity contribution < 1.29 is 14.3 Å². The largest absolute Gasteiger partial charge is 0.456 e. The summed E-state index contributed by atoms with van der Waals surface area (Å²) in [6.45, 7) is 5.11. The van der Waals surface area contributed by atoms with Gasteiger partial charge in [-0.3, -0.25) is 9.59 Å². The van der Waals surface area contributed by atoms with E-state index in [4.69, 9.17) is 4.74 Å². The number of nitrogens with one attached hydrogen (secondary N) is 2. The summed E-state index contributed by atoms with van der Waals surface area (Å²) in [7, 11) is 0. The van der Waals surface area contributed by atoms with E-state index in [0.29, 0.717) is 16.0 Å². The second-order valence-corrected chi connectivity index (χ2v) is 8.01. The molecule has 1 aliphatic rings. The molecule has 2 aromatic heterocycles. The number of hydrogen-bond donors (Lipinski definition) is 2. The number of ether oxygens (including phenoxy) is 1. The van der Waals surface area contributed by atoms with Crippen LogP contribution in [0.5, 0.6) is 0 Å². The first-order chi connectivity index (χ1) is 12.4. The van der Waals surface area contributed by atoms with Gasteiger partial charge in [0.1, 0.15) is 23.3 Å². The van der Waals surface area contributed by atoms with Gasteiger partial charge in [0.2, 0.25) is 5.91 Å². The number of esters is 1. The maximum Gasteiger partial charge on any atom is 0.329 e. The van der Waals surface area contributed by atoms with E-state index in [-0.39, 0.29) is 24.0 Å². The van der Waals surface area contributed by atoms with E-state index in [9.17, 15) is 14.4 Å². The molecule has 0 spiro atoms. The molecule has 8 heteroatoms. The minimum absolute atomic E-state index is 0.100. The lowest BCUT2D eigenvalue weighted by Crippen LogP contribution is -2.45. The van der Waals surface area contributed by atoms with Crippen molar-refractivity contribution in [1.82, 2.24) is 15.3 Å². The molecule has 140 valence electrons. The highest BCUT2D eigenvalue weighted by molar-refractivity contribution is 7.18. The molecular formula is C18H23N3O4S. The molecule has 1 fully saturated rings. The van der Waals surface area contributed by atoms with Crippen LogP contribution in [0.25, 0.3) is 10.2 Å². The van der Waals surface area contributed by atoms with Gasteiger partial charge in [0.15, 0.2) is 0 Å². The fraction of sp³-hybridized carbons (Fsp3) is 0.556. The van der Waals surface area contributed by atoms with Gasteiger partial charge in [-0.25, -0.2) is 9.78 Å². The molecule has 26 heavy (non-hydrogen) atoms. The Hall–Kier alpha value is -2.22. The zero-order chi connectivity index (χ0) is 18.8. The minimum Gasteiger partial charge on any atom is -0.456 e. The van der Waals surface area contributed by atoms with Crippen molar-refractivity contribution in [2.75, 3.05) is 0 Å². The monoisotopic (exact) mass is 377 g/mol. The van der Waals surface area contributed by atoms with Crippen molar-refractivity contribution in [2.24, 2.45) is 5.92 Å². The van der Waals surface area contributed by atoms with Crippen LogP contribution in [0.2, 0.25) is 0 Å². The van der Waals surface area contributed by atoms with Crippen LogP contribution >= 0.6 is 11.3 Å². The SMILES string of the molecule is CC(=O)N[C@H](C(=O)OCc1nc2sc(C)c(C)c2c(=O)[nH]1)C1CCCC1. The van der Waals surface area contributed by atoms with Gasteiger partial charge in [0.05, 0.1) is 5.39 Å². The topological polar surface area (TPSA) is 101 Å². The molecule has 0 saturated heterocycles. The number of thiophene rings is 1. The molecule has 0 bridgehead atoms. The van der Waals surface area contributed by atoms with Crippen LogP contribution in [0.3, 0.4) is 0 Å². The summed E-state index contributed by atoms with van der Waals surface area (Å²) in [6, 6.07) is -0.642. The number of carbonyl (C=O) groups is 2. The summed E-state index contributed by atoms with van der Waals surface area (Å²) in [6.07, 6.45) is 3.90. The minimum atomic E-state index is -0.642. The Bertz CT molecular complexity index is 896. The maximum absolute atomic E-state index is 12.5. The molecule has 0 unspecified atom stereocenters. The molecule has 0 radical (unpaired) electrons. The predicted molar refractivity (Wildman–Crippen MR) is 99.1 cm³/mol. The zero-order valence-electron chi connectivity index (χ0n) is 15.2. The Morgan fingerprint density at radius 3 is 2.69 bits per heavy atom. The number of aryl methyl sites for hydroxylation is 2. The normalized spacial score (nSPS) is 16.0. The maximum atomic E-state index is 12.5. The molecular weight excluding hydrogens is 354 g/mol. The van der Waals surface area contributed by atoms with E-state index < -0.39 is 12.0 Å². The van der Waals surface area contributed by atoms with E-state index in [0.717, 1.165) is 36.1 Å². The molecule has 1 saturated carbocycles. The lowest BCUT2D eigenvalue weighted by molar-refractivity contribution is -0.150. The average molecular weight is 377 g/mol. The molecule has 1 aliphatic carbocycles. The van der Waals surface area contributed by atoms with Crippen LogP contribution in [0, 0.1) is 19.8 Å². The van der Waals surface area contributed by atoms with Crippen LogP contribution in [-0.4, -0.2) is 27.9 Å². The van der Waals surface area contributed by atoms with Crippen molar-refractivity contribution in [3.8, 4) is 0 Å². The zero-order valence-corrected chi connectivity index (χ0v) is 16.0. The van der Waals surface area contributed by atoms with Crippen molar-refractivity contribution in [2.45, 2.75) is 59.1 Å². The van der Waals surface area contributed by atoms with E-state index in [1.807, 2.05) is 13.8 Å². The Morgan fingerprint density at radius 2 is 2.04 bits per heavy atom. The predicted octanol–water partition coefficient (Wildman–Crippen LogP) is 2.34. The molecule has 2 heterocycles. The van der Waals surface area contributed by atoms with Crippen LogP contribution < -0.4 is 10.9 Å². The molecule has 1 amide bonds. The molecule has 0 aliphatic heterocycles. The van der Waals surface area contributed by atoms with Gasteiger partial charge in [0.25, 0.3) is 5.56 Å². The van der Waals surface area contributed by atoms with Crippen molar-refractivity contribution >= 4 is 33.4 Å². The standard InChI is InChI=1S/C18H23N3O4S/c1-9-10(2)26-17-14(9)16(23)20-13(21-17)8-25-18(24)15(19-11(3)22)12-6-4-5-7-12/h12,15H,4-8H2,1-3H3,(H,19,22)(H,20,21,23)/t15-/m0/s1. The number of amides is 1. The average Bonchev–Trinajstić information content (AvgIpc) is 3.19. The Morgan fingerprint density at radius 1 is 1.35 bits per heavy atom. The third kappa shape index (κ3) is 3.80. The van der Waals surface area contributed by atoms with Crippen molar-refractivity contribution in [1.29, 1.82) is 0 Å². The molecule has 0 aromatic carbocycles. The first-order valence-corrected chi connectivity index (χ1v) is 9.61. The van der Waals surface area contributed by atoms with Gasteiger partial charge in [-0.05, 0) is 38.2 Å². The van der Waals surface area contributed by atoms with Crippen LogP contribution in [-0.2, 0) is 20.9 Å². The summed E-state index contributed by atoms with van der Waals surface area (Å²) in [5, 5.41) is 3.29. The number of aromatic amines is 1. The summed E-state index contributed by atoms with van der Waals surface area (Å²) in [4.78, 5) is 45.0. The summed E-state index contributed by atoms with van der Waals surface area (Å²) < 4.78 is 5.36. The quantitative estimate of drug-likeness (QED) is 0.779. The summed E-state index contributed by atoms with van der Waals surface area (Å²) in [5.41, 5.74) is 0.700. The van der Waals surface area contributed by atoms with Crippen LogP contribution in [0.4, 0.5) is 0 Å².